The van der Waals surface area contributed by atoms with Gasteiger partial charge in [-0.05, 0) is 49.4 Å². The molecule has 1 aliphatic heterocycles. The zero-order valence-electron chi connectivity index (χ0n) is 12.4. The Bertz CT molecular complexity index is 452. The van der Waals surface area contributed by atoms with Gasteiger partial charge >= 0.3 is 0 Å². The molecular formula is C17H26N2. The van der Waals surface area contributed by atoms with Crippen LogP contribution in [0.1, 0.15) is 43.9 Å². The first-order valence-electron chi connectivity index (χ1n) is 7.60. The molecule has 1 aromatic rings. The van der Waals surface area contributed by atoms with E-state index in [-0.39, 0.29) is 0 Å². The molecule has 0 radical (unpaired) electrons. The number of benzene rings is 1. The first kappa shape index (κ1) is 13.1. The molecule has 1 heterocycles. The summed E-state index contributed by atoms with van der Waals surface area (Å²) in [6, 6.07) is 10.1. The van der Waals surface area contributed by atoms with Crippen molar-refractivity contribution in [2.24, 2.45) is 5.41 Å². The fraction of sp³-hybridized carbons (Fsp3) is 0.647. The van der Waals surface area contributed by atoms with Gasteiger partial charge in [-0.2, -0.15) is 0 Å². The van der Waals surface area contributed by atoms with Crippen LogP contribution in [-0.2, 0) is 6.42 Å². The van der Waals surface area contributed by atoms with Crippen molar-refractivity contribution in [3.8, 4) is 0 Å². The van der Waals surface area contributed by atoms with Crippen LogP contribution < -0.4 is 5.32 Å². The van der Waals surface area contributed by atoms with Gasteiger partial charge in [-0.15, -0.1) is 0 Å². The summed E-state index contributed by atoms with van der Waals surface area (Å²) in [5, 5.41) is 3.55. The third kappa shape index (κ3) is 2.44. The number of likely N-dealkylation sites (tertiary alicyclic amines) is 1. The van der Waals surface area contributed by atoms with Crippen LogP contribution in [0.3, 0.4) is 0 Å². The number of piperidine rings is 1. The summed E-state index contributed by atoms with van der Waals surface area (Å²) in [4.78, 5) is 2.73. The highest BCUT2D eigenvalue weighted by Gasteiger charge is 2.38. The third-order valence-corrected chi connectivity index (χ3v) is 4.91. The van der Waals surface area contributed by atoms with Gasteiger partial charge in [-0.3, -0.25) is 4.90 Å². The Hall–Kier alpha value is -0.860. The molecule has 1 saturated heterocycles. The van der Waals surface area contributed by atoms with E-state index in [0.29, 0.717) is 17.5 Å². The molecule has 2 atom stereocenters. The van der Waals surface area contributed by atoms with Crippen LogP contribution in [0, 0.1) is 5.41 Å². The van der Waals surface area contributed by atoms with Gasteiger partial charge in [0.2, 0.25) is 0 Å². The second kappa shape index (κ2) is 4.92. The van der Waals surface area contributed by atoms with Gasteiger partial charge in [0.25, 0.3) is 0 Å². The summed E-state index contributed by atoms with van der Waals surface area (Å²) in [5.74, 6) is 0. The first-order chi connectivity index (χ1) is 9.11. The maximum Gasteiger partial charge on any atom is 0.0481 e. The first-order valence-corrected chi connectivity index (χ1v) is 7.60. The average Bonchev–Trinajstić information content (AvgIpc) is 2.76. The van der Waals surface area contributed by atoms with Gasteiger partial charge in [0.1, 0.15) is 0 Å². The summed E-state index contributed by atoms with van der Waals surface area (Å²) in [7, 11) is 2.11. The zero-order valence-corrected chi connectivity index (χ0v) is 12.4. The molecule has 0 spiro atoms. The molecule has 2 aliphatic rings. The second-order valence-electron chi connectivity index (χ2n) is 6.97. The Morgan fingerprint density at radius 3 is 2.79 bits per heavy atom. The Balaban J connectivity index is 1.83. The molecule has 0 aromatic heterocycles. The fourth-order valence-electron chi connectivity index (χ4n) is 4.01. The van der Waals surface area contributed by atoms with Crippen LogP contribution in [0.25, 0.3) is 0 Å². The highest BCUT2D eigenvalue weighted by Crippen LogP contribution is 2.38. The number of hydrogen-bond donors (Lipinski definition) is 1. The van der Waals surface area contributed by atoms with Crippen LogP contribution >= 0.6 is 0 Å². The van der Waals surface area contributed by atoms with Gasteiger partial charge < -0.3 is 5.32 Å². The molecule has 2 heteroatoms. The van der Waals surface area contributed by atoms with Gasteiger partial charge in [0.05, 0.1) is 0 Å². The van der Waals surface area contributed by atoms with Crippen molar-refractivity contribution in [2.45, 2.75) is 45.2 Å². The lowest BCUT2D eigenvalue weighted by Crippen LogP contribution is -2.49. The summed E-state index contributed by atoms with van der Waals surface area (Å²) in [6.07, 6.45) is 3.92. The number of rotatable bonds is 2. The predicted octanol–water partition coefficient (Wildman–Crippen LogP) is 2.99. The van der Waals surface area contributed by atoms with Gasteiger partial charge in [0.15, 0.2) is 0 Å². The average molecular weight is 258 g/mol. The molecule has 0 saturated carbocycles. The van der Waals surface area contributed by atoms with Crippen molar-refractivity contribution in [3.63, 3.8) is 0 Å². The van der Waals surface area contributed by atoms with Crippen LogP contribution in [-0.4, -0.2) is 31.1 Å². The van der Waals surface area contributed by atoms with Crippen molar-refractivity contribution < 1.29 is 0 Å². The van der Waals surface area contributed by atoms with Gasteiger partial charge in [-0.1, -0.05) is 38.1 Å². The van der Waals surface area contributed by atoms with Crippen molar-refractivity contribution in [1.29, 1.82) is 0 Å². The fourth-order valence-corrected chi connectivity index (χ4v) is 4.01. The van der Waals surface area contributed by atoms with E-state index in [1.165, 1.54) is 43.5 Å². The molecule has 2 nitrogen and oxygen atoms in total. The van der Waals surface area contributed by atoms with Gasteiger partial charge in [0, 0.05) is 18.6 Å². The van der Waals surface area contributed by atoms with Crippen molar-refractivity contribution in [1.82, 2.24) is 10.2 Å². The normalized spacial score (nSPS) is 30.3. The highest BCUT2D eigenvalue weighted by atomic mass is 15.2. The lowest BCUT2D eigenvalue weighted by atomic mass is 9.83. The van der Waals surface area contributed by atoms with Crippen LogP contribution in [0.2, 0.25) is 0 Å². The molecule has 1 aromatic carbocycles. The SMILES string of the molecule is CNC1c2ccccc2CC1N1CCCC(C)(C)C1. The second-order valence-corrected chi connectivity index (χ2v) is 6.97. The maximum absolute atomic E-state index is 3.55. The summed E-state index contributed by atoms with van der Waals surface area (Å²) in [5.41, 5.74) is 3.53. The molecule has 1 aliphatic carbocycles. The lowest BCUT2D eigenvalue weighted by molar-refractivity contribution is 0.0671. The van der Waals surface area contributed by atoms with Crippen molar-refractivity contribution in [3.05, 3.63) is 35.4 Å². The Labute approximate surface area is 117 Å². The number of fused-ring (bicyclic) bond motifs is 1. The minimum Gasteiger partial charge on any atom is -0.312 e. The van der Waals surface area contributed by atoms with Crippen LogP contribution in [0.5, 0.6) is 0 Å². The Kier molecular flexibility index (Phi) is 3.40. The van der Waals surface area contributed by atoms with Gasteiger partial charge in [-0.25, -0.2) is 0 Å². The summed E-state index contributed by atoms with van der Waals surface area (Å²) >= 11 is 0. The van der Waals surface area contributed by atoms with E-state index in [0.717, 1.165) is 0 Å². The minimum atomic E-state index is 0.477. The Morgan fingerprint density at radius 1 is 1.26 bits per heavy atom. The highest BCUT2D eigenvalue weighted by molar-refractivity contribution is 5.37. The molecule has 19 heavy (non-hydrogen) atoms. The third-order valence-electron chi connectivity index (χ3n) is 4.91. The van der Waals surface area contributed by atoms with E-state index in [1.807, 2.05) is 0 Å². The number of nitrogens with one attached hydrogen (secondary N) is 1. The zero-order chi connectivity index (χ0) is 13.5. The van der Waals surface area contributed by atoms with Crippen molar-refractivity contribution >= 4 is 0 Å². The molecule has 0 bridgehead atoms. The van der Waals surface area contributed by atoms with Crippen molar-refractivity contribution in [2.75, 3.05) is 20.1 Å². The predicted molar refractivity (Wildman–Crippen MR) is 80.3 cm³/mol. The maximum atomic E-state index is 3.55. The number of nitrogens with zero attached hydrogens (tertiary/aromatic N) is 1. The van der Waals surface area contributed by atoms with E-state index < -0.39 is 0 Å². The molecule has 0 amide bonds. The van der Waals surface area contributed by atoms with E-state index in [9.17, 15) is 0 Å². The van der Waals surface area contributed by atoms with E-state index in [1.54, 1.807) is 0 Å². The largest absolute Gasteiger partial charge is 0.312 e. The summed E-state index contributed by atoms with van der Waals surface area (Å²) < 4.78 is 0. The monoisotopic (exact) mass is 258 g/mol. The van der Waals surface area contributed by atoms with E-state index in [4.69, 9.17) is 0 Å². The van der Waals surface area contributed by atoms with E-state index >= 15 is 0 Å². The molecule has 3 rings (SSSR count). The topological polar surface area (TPSA) is 15.3 Å². The minimum absolute atomic E-state index is 0.477. The Morgan fingerprint density at radius 2 is 2.05 bits per heavy atom. The number of hydrogen-bond acceptors (Lipinski definition) is 2. The molecule has 2 unspecified atom stereocenters. The quantitative estimate of drug-likeness (QED) is 0.877. The standard InChI is InChI=1S/C17H26N2/c1-17(2)9-6-10-19(12-17)15-11-13-7-4-5-8-14(13)16(15)18-3/h4-5,7-8,15-16,18H,6,9-12H2,1-3H3. The molecule has 1 N–H and O–H groups in total. The molecular weight excluding hydrogens is 232 g/mol. The van der Waals surface area contributed by atoms with Crippen LogP contribution in [0.15, 0.2) is 24.3 Å². The number of likely N-dealkylation sites (N-methyl/N-ethyl adjacent to an activating group) is 1. The van der Waals surface area contributed by atoms with Crippen LogP contribution in [0.4, 0.5) is 0 Å². The molecule has 1 fully saturated rings. The smallest absolute Gasteiger partial charge is 0.0481 e. The lowest BCUT2D eigenvalue weighted by Gasteiger charge is -2.43. The summed E-state index contributed by atoms with van der Waals surface area (Å²) in [6.45, 7) is 7.33. The molecule has 104 valence electrons. The van der Waals surface area contributed by atoms with E-state index in [2.05, 4.69) is 55.4 Å².